The Morgan fingerprint density at radius 3 is 2.67 bits per heavy atom. The van der Waals surface area contributed by atoms with E-state index in [0.29, 0.717) is 44.1 Å². The largest absolute Gasteiger partial charge is 0.393 e. The average molecular weight is 440 g/mol. The predicted molar refractivity (Wildman–Crippen MR) is 117 cm³/mol. The number of unbranched alkanes of at least 4 members (excludes halogenated alkanes) is 1. The normalized spacial score (nSPS) is 27.7. The Kier molecular flexibility index (Phi) is 9.92. The Balaban J connectivity index is 1.84. The highest BCUT2D eigenvalue weighted by molar-refractivity contribution is 7.57. The fraction of sp³-hybridized carbons (Fsp3) is 0.565. The number of aliphatic hydroxyl groups excluding tert-OH is 3. The van der Waals surface area contributed by atoms with Gasteiger partial charge in [0.15, 0.2) is 7.37 Å². The van der Waals surface area contributed by atoms with Crippen LogP contribution in [0.15, 0.2) is 48.6 Å². The van der Waals surface area contributed by atoms with Crippen molar-refractivity contribution in [1.82, 2.24) is 0 Å². The van der Waals surface area contributed by atoms with E-state index in [0.717, 1.165) is 0 Å². The summed E-state index contributed by atoms with van der Waals surface area (Å²) in [5.74, 6) is -0.696. The van der Waals surface area contributed by atoms with Gasteiger partial charge < -0.3 is 20.2 Å². The van der Waals surface area contributed by atoms with Crippen LogP contribution in [0, 0.1) is 17.7 Å². The molecule has 1 aromatic carbocycles. The first-order valence-electron chi connectivity index (χ1n) is 10.6. The molecule has 0 heterocycles. The molecule has 0 bridgehead atoms. The summed E-state index contributed by atoms with van der Waals surface area (Å²) in [6.45, 7) is 1.36. The van der Waals surface area contributed by atoms with Gasteiger partial charge in [0, 0.05) is 25.2 Å². The minimum absolute atomic E-state index is 0.151. The number of rotatable bonds is 11. The van der Waals surface area contributed by atoms with Crippen molar-refractivity contribution in [2.75, 3.05) is 12.8 Å². The summed E-state index contributed by atoms with van der Waals surface area (Å²) >= 11 is 0. The van der Waals surface area contributed by atoms with Crippen LogP contribution in [0.1, 0.15) is 37.7 Å². The van der Waals surface area contributed by atoms with Crippen LogP contribution in [-0.4, -0.2) is 51.4 Å². The molecule has 0 radical (unpaired) electrons. The highest BCUT2D eigenvalue weighted by Crippen LogP contribution is 2.37. The fourth-order valence-electron chi connectivity index (χ4n) is 3.94. The van der Waals surface area contributed by atoms with Gasteiger partial charge in [-0.2, -0.15) is 0 Å². The van der Waals surface area contributed by atoms with Crippen molar-refractivity contribution < 1.29 is 29.2 Å². The molecule has 5 nitrogen and oxygen atoms in total. The Hall–Kier alpha value is -1.30. The van der Waals surface area contributed by atoms with Crippen LogP contribution in [0.2, 0.25) is 0 Å². The molecule has 0 aromatic heterocycles. The van der Waals surface area contributed by atoms with Gasteiger partial charge in [0.2, 0.25) is 0 Å². The topological polar surface area (TPSA) is 98.0 Å². The van der Waals surface area contributed by atoms with Gasteiger partial charge in [-0.05, 0) is 49.7 Å². The molecule has 0 amide bonds. The average Bonchev–Trinajstić information content (AvgIpc) is 2.94. The maximum Gasteiger partial charge on any atom is 0.197 e. The SMILES string of the molecule is CP(=O)(O)CCCC=CCC1C(O)CC(O)C1C=CC(O)CCc1ccccc1F. The molecule has 6 atom stereocenters. The Bertz CT molecular complexity index is 760. The number of aryl methyl sites for hydroxylation is 1. The molecule has 1 fully saturated rings. The molecule has 1 aliphatic carbocycles. The number of benzene rings is 1. The summed E-state index contributed by atoms with van der Waals surface area (Å²) in [6.07, 6.45) is 8.52. The number of allylic oxidation sites excluding steroid dienone is 2. The monoisotopic (exact) mass is 440 g/mol. The first-order valence-corrected chi connectivity index (χ1v) is 12.9. The molecule has 30 heavy (non-hydrogen) atoms. The van der Waals surface area contributed by atoms with Crippen LogP contribution in [0.5, 0.6) is 0 Å². The lowest BCUT2D eigenvalue weighted by Gasteiger charge is -2.19. The van der Waals surface area contributed by atoms with Crippen molar-refractivity contribution in [2.45, 2.75) is 56.8 Å². The van der Waals surface area contributed by atoms with Crippen molar-refractivity contribution in [3.63, 3.8) is 0 Å². The molecule has 1 aromatic rings. The molecule has 6 unspecified atom stereocenters. The summed E-state index contributed by atoms with van der Waals surface area (Å²) in [6, 6.07) is 6.49. The van der Waals surface area contributed by atoms with E-state index in [9.17, 15) is 29.2 Å². The van der Waals surface area contributed by atoms with Crippen molar-refractivity contribution in [3.8, 4) is 0 Å². The van der Waals surface area contributed by atoms with E-state index in [4.69, 9.17) is 0 Å². The van der Waals surface area contributed by atoms with E-state index in [-0.39, 0.29) is 23.8 Å². The Morgan fingerprint density at radius 2 is 1.97 bits per heavy atom. The highest BCUT2D eigenvalue weighted by atomic mass is 31.2. The van der Waals surface area contributed by atoms with Gasteiger partial charge in [0.1, 0.15) is 5.82 Å². The van der Waals surface area contributed by atoms with Crippen molar-refractivity contribution in [1.29, 1.82) is 0 Å². The Morgan fingerprint density at radius 1 is 1.23 bits per heavy atom. The van der Waals surface area contributed by atoms with Crippen LogP contribution < -0.4 is 0 Å². The van der Waals surface area contributed by atoms with E-state index in [2.05, 4.69) is 0 Å². The summed E-state index contributed by atoms with van der Waals surface area (Å²) in [5.41, 5.74) is 0.560. The van der Waals surface area contributed by atoms with Crippen molar-refractivity contribution in [2.24, 2.45) is 11.8 Å². The third-order valence-electron chi connectivity index (χ3n) is 5.66. The Labute approximate surface area is 178 Å². The molecule has 4 N–H and O–H groups in total. The summed E-state index contributed by atoms with van der Waals surface area (Å²) in [4.78, 5) is 9.29. The zero-order valence-electron chi connectivity index (χ0n) is 17.5. The van der Waals surface area contributed by atoms with E-state index in [1.807, 2.05) is 12.2 Å². The second-order valence-corrected chi connectivity index (χ2v) is 10.9. The van der Waals surface area contributed by atoms with Gasteiger partial charge in [-0.1, -0.05) is 42.5 Å². The molecule has 0 aliphatic heterocycles. The molecule has 0 spiro atoms. The van der Waals surface area contributed by atoms with Gasteiger partial charge in [0.05, 0.1) is 18.3 Å². The van der Waals surface area contributed by atoms with Crippen LogP contribution in [0.4, 0.5) is 4.39 Å². The maximum atomic E-state index is 13.7. The molecule has 1 aliphatic rings. The highest BCUT2D eigenvalue weighted by Gasteiger charge is 2.39. The maximum absolute atomic E-state index is 13.7. The van der Waals surface area contributed by atoms with E-state index < -0.39 is 25.7 Å². The third-order valence-corrected chi connectivity index (χ3v) is 6.80. The smallest absolute Gasteiger partial charge is 0.197 e. The lowest BCUT2D eigenvalue weighted by molar-refractivity contribution is 0.120. The van der Waals surface area contributed by atoms with Crippen LogP contribution in [0.25, 0.3) is 0 Å². The summed E-state index contributed by atoms with van der Waals surface area (Å²) in [7, 11) is -2.97. The lowest BCUT2D eigenvalue weighted by Crippen LogP contribution is -2.20. The van der Waals surface area contributed by atoms with Crippen LogP contribution in [0.3, 0.4) is 0 Å². The first kappa shape index (κ1) is 25.0. The predicted octanol–water partition coefficient (Wildman–Crippen LogP) is 3.66. The minimum Gasteiger partial charge on any atom is -0.393 e. The van der Waals surface area contributed by atoms with E-state index in [1.165, 1.54) is 12.7 Å². The number of hydrogen-bond acceptors (Lipinski definition) is 4. The second-order valence-electron chi connectivity index (χ2n) is 8.32. The van der Waals surface area contributed by atoms with Gasteiger partial charge in [-0.3, -0.25) is 4.57 Å². The molecule has 1 saturated carbocycles. The molecule has 168 valence electrons. The van der Waals surface area contributed by atoms with Crippen molar-refractivity contribution >= 4 is 7.37 Å². The minimum atomic E-state index is -2.97. The summed E-state index contributed by atoms with van der Waals surface area (Å²) in [5, 5.41) is 30.8. The molecule has 0 saturated heterocycles. The van der Waals surface area contributed by atoms with Gasteiger partial charge in [0.25, 0.3) is 0 Å². The molecular weight excluding hydrogens is 406 g/mol. The second kappa shape index (κ2) is 11.9. The zero-order valence-corrected chi connectivity index (χ0v) is 18.4. The lowest BCUT2D eigenvalue weighted by atomic mass is 9.89. The van der Waals surface area contributed by atoms with Gasteiger partial charge in [-0.25, -0.2) is 4.39 Å². The van der Waals surface area contributed by atoms with Gasteiger partial charge >= 0.3 is 0 Å². The third kappa shape index (κ3) is 8.44. The van der Waals surface area contributed by atoms with Crippen molar-refractivity contribution in [3.05, 3.63) is 60.0 Å². The van der Waals surface area contributed by atoms with E-state index >= 15 is 0 Å². The summed E-state index contributed by atoms with van der Waals surface area (Å²) < 4.78 is 25.0. The number of aliphatic hydroxyl groups is 3. The number of halogens is 1. The first-order chi connectivity index (χ1) is 14.2. The standard InChI is InChI=1S/C23H34FO5P/c1-30(28,29)15-7-3-2-4-9-19-20(23(27)16-22(19)26)14-13-18(25)12-11-17-8-5-6-10-21(17)24/h2,4-6,8,10,13-14,18-20,22-23,25-27H,3,7,9,11-12,15-16H2,1H3,(H,28,29). The molecule has 2 rings (SSSR count). The zero-order chi connectivity index (χ0) is 22.1. The van der Waals surface area contributed by atoms with Crippen LogP contribution >= 0.6 is 7.37 Å². The number of hydrogen-bond donors (Lipinski definition) is 4. The quantitative estimate of drug-likeness (QED) is 0.239. The van der Waals surface area contributed by atoms with E-state index in [1.54, 1.807) is 30.4 Å². The van der Waals surface area contributed by atoms with Gasteiger partial charge in [-0.15, -0.1) is 0 Å². The fourth-order valence-corrected chi connectivity index (χ4v) is 4.71. The van der Waals surface area contributed by atoms with Crippen LogP contribution in [-0.2, 0) is 11.0 Å². The molecular formula is C23H34FO5P. The molecule has 7 heteroatoms.